The number of rotatable bonds is 5. The van der Waals surface area contributed by atoms with E-state index in [9.17, 15) is 0 Å². The Hall–Kier alpha value is -2.86. The van der Waals surface area contributed by atoms with Crippen LogP contribution >= 0.6 is 0 Å². The van der Waals surface area contributed by atoms with Gasteiger partial charge in [-0.25, -0.2) is 0 Å². The zero-order valence-corrected chi connectivity index (χ0v) is 16.3. The average molecular weight is 377 g/mol. The van der Waals surface area contributed by atoms with E-state index < -0.39 is 0 Å². The number of nitrogens with one attached hydrogen (secondary N) is 1. The Morgan fingerprint density at radius 1 is 1.07 bits per heavy atom. The molecular weight excluding hydrogens is 350 g/mol. The van der Waals surface area contributed by atoms with Crippen LogP contribution in [0.2, 0.25) is 0 Å². The molecule has 1 aliphatic rings. The minimum Gasteiger partial charge on any atom is -0.364 e. The number of nitrogens with zero attached hydrogens (tertiary/aromatic N) is 4. The van der Waals surface area contributed by atoms with Gasteiger partial charge < -0.3 is 14.7 Å². The molecule has 1 aromatic heterocycles. The third-order valence-electron chi connectivity index (χ3n) is 5.32. The van der Waals surface area contributed by atoms with Gasteiger partial charge in [0.25, 0.3) is 0 Å². The predicted octanol–water partition coefficient (Wildman–Crippen LogP) is 2.76. The lowest BCUT2D eigenvalue weighted by atomic mass is 10.0. The van der Waals surface area contributed by atoms with Gasteiger partial charge in [0, 0.05) is 52.4 Å². The third kappa shape index (κ3) is 4.34. The fourth-order valence-electron chi connectivity index (χ4n) is 3.82. The molecule has 0 spiro atoms. The summed E-state index contributed by atoms with van der Waals surface area (Å²) in [7, 11) is 1.86. The fraction of sp³-hybridized carbons (Fsp3) is 0.364. The van der Waals surface area contributed by atoms with Gasteiger partial charge in [-0.3, -0.25) is 9.89 Å². The summed E-state index contributed by atoms with van der Waals surface area (Å²) in [6.45, 7) is 5.64. The van der Waals surface area contributed by atoms with Crippen LogP contribution in [-0.4, -0.2) is 60.7 Å². The van der Waals surface area contributed by atoms with E-state index in [2.05, 4.69) is 67.7 Å². The van der Waals surface area contributed by atoms with Crippen LogP contribution in [0.5, 0.6) is 0 Å². The minimum absolute atomic E-state index is 0.845. The monoisotopic (exact) mass is 377 g/mol. The van der Waals surface area contributed by atoms with Crippen molar-refractivity contribution in [3.05, 3.63) is 66.1 Å². The lowest BCUT2D eigenvalue weighted by Gasteiger charge is -2.36. The maximum Gasteiger partial charge on any atom is 0.193 e. The van der Waals surface area contributed by atoms with Crippen LogP contribution in [0.4, 0.5) is 0 Å². The van der Waals surface area contributed by atoms with E-state index in [0.29, 0.717) is 0 Å². The number of hydrogen-bond acceptors (Lipinski definition) is 4. The van der Waals surface area contributed by atoms with E-state index in [1.807, 2.05) is 13.1 Å². The molecule has 4 rings (SSSR count). The molecule has 0 saturated carbocycles. The Morgan fingerprint density at radius 3 is 2.68 bits per heavy atom. The highest BCUT2D eigenvalue weighted by molar-refractivity contribution is 5.85. The van der Waals surface area contributed by atoms with Crippen molar-refractivity contribution in [3.63, 3.8) is 0 Å². The SMILES string of the molecule is CN=C(NCCc1cccc2ccccc12)N1CCN(Cc2ccon2)CC1. The van der Waals surface area contributed by atoms with Gasteiger partial charge in [0.15, 0.2) is 5.96 Å². The predicted molar refractivity (Wildman–Crippen MR) is 112 cm³/mol. The molecule has 146 valence electrons. The van der Waals surface area contributed by atoms with E-state index in [-0.39, 0.29) is 0 Å². The van der Waals surface area contributed by atoms with Gasteiger partial charge in [-0.1, -0.05) is 47.6 Å². The van der Waals surface area contributed by atoms with Gasteiger partial charge >= 0.3 is 0 Å². The molecule has 1 fully saturated rings. The molecule has 28 heavy (non-hydrogen) atoms. The second-order valence-corrected chi connectivity index (χ2v) is 7.12. The average Bonchev–Trinajstić information content (AvgIpc) is 3.25. The number of guanidine groups is 1. The summed E-state index contributed by atoms with van der Waals surface area (Å²) in [4.78, 5) is 9.23. The Morgan fingerprint density at radius 2 is 1.89 bits per heavy atom. The molecule has 0 radical (unpaired) electrons. The van der Waals surface area contributed by atoms with Crippen LogP contribution in [0, 0.1) is 0 Å². The summed E-state index contributed by atoms with van der Waals surface area (Å²) in [6.07, 6.45) is 2.61. The van der Waals surface area contributed by atoms with Gasteiger partial charge in [-0.05, 0) is 22.8 Å². The number of aliphatic imine (C=N–C) groups is 1. The molecule has 2 aromatic carbocycles. The molecule has 6 heteroatoms. The van der Waals surface area contributed by atoms with E-state index in [0.717, 1.165) is 57.3 Å². The molecule has 1 aliphatic heterocycles. The van der Waals surface area contributed by atoms with Crippen LogP contribution in [0.1, 0.15) is 11.3 Å². The van der Waals surface area contributed by atoms with Crippen LogP contribution in [0.3, 0.4) is 0 Å². The molecule has 2 heterocycles. The van der Waals surface area contributed by atoms with Crippen LogP contribution < -0.4 is 5.32 Å². The number of aromatic nitrogens is 1. The van der Waals surface area contributed by atoms with Gasteiger partial charge in [0.1, 0.15) is 6.26 Å². The summed E-state index contributed by atoms with van der Waals surface area (Å²) in [5.41, 5.74) is 2.37. The molecule has 1 saturated heterocycles. The number of hydrogen-bond donors (Lipinski definition) is 1. The van der Waals surface area contributed by atoms with E-state index in [1.54, 1.807) is 6.26 Å². The van der Waals surface area contributed by atoms with Crippen molar-refractivity contribution in [1.82, 2.24) is 20.3 Å². The van der Waals surface area contributed by atoms with E-state index >= 15 is 0 Å². The number of benzene rings is 2. The van der Waals surface area contributed by atoms with Crippen LogP contribution in [0.25, 0.3) is 10.8 Å². The molecule has 0 unspecified atom stereocenters. The standard InChI is InChI=1S/C22H27N5O/c1-23-22(27-14-12-26(13-15-27)17-20-10-16-28-25-20)24-11-9-19-7-4-6-18-5-2-3-8-21(18)19/h2-8,10,16H,9,11-15,17H2,1H3,(H,23,24). The molecule has 0 amide bonds. The quantitative estimate of drug-likeness (QED) is 0.547. The van der Waals surface area contributed by atoms with E-state index in [4.69, 9.17) is 4.52 Å². The molecule has 6 nitrogen and oxygen atoms in total. The lowest BCUT2D eigenvalue weighted by molar-refractivity contribution is 0.169. The first-order valence-electron chi connectivity index (χ1n) is 9.87. The molecule has 0 aliphatic carbocycles. The highest BCUT2D eigenvalue weighted by Crippen LogP contribution is 2.18. The zero-order valence-electron chi connectivity index (χ0n) is 16.3. The smallest absolute Gasteiger partial charge is 0.193 e. The Bertz CT molecular complexity index is 908. The Kier molecular flexibility index (Phi) is 5.87. The highest BCUT2D eigenvalue weighted by Gasteiger charge is 2.20. The number of fused-ring (bicyclic) bond motifs is 1. The second-order valence-electron chi connectivity index (χ2n) is 7.12. The normalized spacial score (nSPS) is 15.9. The summed E-state index contributed by atoms with van der Waals surface area (Å²) in [5.74, 6) is 0.987. The first-order valence-corrected chi connectivity index (χ1v) is 9.87. The molecule has 1 N–H and O–H groups in total. The zero-order chi connectivity index (χ0) is 19.2. The summed E-state index contributed by atoms with van der Waals surface area (Å²) < 4.78 is 4.92. The third-order valence-corrected chi connectivity index (χ3v) is 5.32. The van der Waals surface area contributed by atoms with Gasteiger partial charge in [0.2, 0.25) is 0 Å². The lowest BCUT2D eigenvalue weighted by Crippen LogP contribution is -2.52. The van der Waals surface area contributed by atoms with Gasteiger partial charge in [-0.15, -0.1) is 0 Å². The fourth-order valence-corrected chi connectivity index (χ4v) is 3.82. The van der Waals surface area contributed by atoms with Crippen molar-refractivity contribution < 1.29 is 4.52 Å². The Balaban J connectivity index is 1.28. The van der Waals surface area contributed by atoms with Crippen molar-refractivity contribution in [2.75, 3.05) is 39.8 Å². The maximum atomic E-state index is 4.92. The maximum absolute atomic E-state index is 4.92. The number of piperazine rings is 1. The van der Waals surface area contributed by atoms with Gasteiger partial charge in [0.05, 0.1) is 5.69 Å². The van der Waals surface area contributed by atoms with Crippen molar-refractivity contribution >= 4 is 16.7 Å². The topological polar surface area (TPSA) is 56.9 Å². The molecule has 0 atom stereocenters. The van der Waals surface area contributed by atoms with Crippen molar-refractivity contribution in [2.24, 2.45) is 4.99 Å². The van der Waals surface area contributed by atoms with Crippen LogP contribution in [-0.2, 0) is 13.0 Å². The minimum atomic E-state index is 0.845. The van der Waals surface area contributed by atoms with Crippen molar-refractivity contribution in [2.45, 2.75) is 13.0 Å². The molecule has 3 aromatic rings. The second kappa shape index (κ2) is 8.89. The van der Waals surface area contributed by atoms with Gasteiger partial charge in [-0.2, -0.15) is 0 Å². The summed E-state index contributed by atoms with van der Waals surface area (Å²) in [5, 5.41) is 10.2. The van der Waals surface area contributed by atoms with Crippen LogP contribution in [0.15, 0.2) is 64.3 Å². The molecular formula is C22H27N5O. The first-order chi connectivity index (χ1) is 13.8. The molecule has 0 bridgehead atoms. The highest BCUT2D eigenvalue weighted by atomic mass is 16.5. The largest absolute Gasteiger partial charge is 0.364 e. The summed E-state index contributed by atoms with van der Waals surface area (Å²) >= 11 is 0. The van der Waals surface area contributed by atoms with Crippen molar-refractivity contribution in [3.8, 4) is 0 Å². The van der Waals surface area contributed by atoms with E-state index in [1.165, 1.54) is 16.3 Å². The Labute approximate surface area is 165 Å². The first kappa shape index (κ1) is 18.5. The summed E-state index contributed by atoms with van der Waals surface area (Å²) in [6, 6.07) is 17.0. The van der Waals surface area contributed by atoms with Crippen molar-refractivity contribution in [1.29, 1.82) is 0 Å².